The Hall–Kier alpha value is -0.380. The first-order valence-corrected chi connectivity index (χ1v) is 6.16. The molecule has 2 nitrogen and oxygen atoms in total. The minimum Gasteiger partial charge on any atom is -0.381 e. The van der Waals surface area contributed by atoms with E-state index in [-0.39, 0.29) is 0 Å². The fourth-order valence-electron chi connectivity index (χ4n) is 1.77. The molecular formula is C11H17NOS. The SMILES string of the molecule is c1csc(CNC2CCCOCC2)c1. The van der Waals surface area contributed by atoms with E-state index in [4.69, 9.17) is 4.74 Å². The third-order valence-corrected chi connectivity index (χ3v) is 3.47. The zero-order chi connectivity index (χ0) is 9.64. The van der Waals surface area contributed by atoms with Gasteiger partial charge in [-0.2, -0.15) is 0 Å². The highest BCUT2D eigenvalue weighted by molar-refractivity contribution is 7.09. The Balaban J connectivity index is 1.73. The summed E-state index contributed by atoms with van der Waals surface area (Å²) in [5.41, 5.74) is 0. The summed E-state index contributed by atoms with van der Waals surface area (Å²) in [4.78, 5) is 1.43. The molecule has 1 atom stereocenters. The molecule has 1 aliphatic rings. The summed E-state index contributed by atoms with van der Waals surface area (Å²) in [6, 6.07) is 4.95. The van der Waals surface area contributed by atoms with Gasteiger partial charge in [-0.25, -0.2) is 0 Å². The van der Waals surface area contributed by atoms with Crippen molar-refractivity contribution in [3.63, 3.8) is 0 Å². The van der Waals surface area contributed by atoms with Crippen LogP contribution >= 0.6 is 11.3 Å². The van der Waals surface area contributed by atoms with Crippen LogP contribution in [0.25, 0.3) is 0 Å². The van der Waals surface area contributed by atoms with E-state index in [1.807, 2.05) is 11.3 Å². The van der Waals surface area contributed by atoms with E-state index in [9.17, 15) is 0 Å². The van der Waals surface area contributed by atoms with Crippen LogP contribution in [0.1, 0.15) is 24.1 Å². The second kappa shape index (κ2) is 5.49. The number of thiophene rings is 1. The van der Waals surface area contributed by atoms with Gasteiger partial charge in [-0.3, -0.25) is 0 Å². The molecule has 0 amide bonds. The zero-order valence-corrected chi connectivity index (χ0v) is 9.19. The number of ether oxygens (including phenoxy) is 1. The highest BCUT2D eigenvalue weighted by Gasteiger charge is 2.11. The molecule has 2 heterocycles. The number of nitrogens with one attached hydrogen (secondary N) is 1. The van der Waals surface area contributed by atoms with E-state index in [2.05, 4.69) is 22.8 Å². The van der Waals surface area contributed by atoms with Gasteiger partial charge in [-0.1, -0.05) is 6.07 Å². The lowest BCUT2D eigenvalue weighted by Crippen LogP contribution is -2.28. The van der Waals surface area contributed by atoms with Crippen LogP contribution in [0.15, 0.2) is 17.5 Å². The van der Waals surface area contributed by atoms with Crippen LogP contribution in [0.4, 0.5) is 0 Å². The molecule has 1 aliphatic heterocycles. The molecule has 3 heteroatoms. The molecule has 14 heavy (non-hydrogen) atoms. The summed E-state index contributed by atoms with van der Waals surface area (Å²) >= 11 is 1.82. The van der Waals surface area contributed by atoms with Gasteiger partial charge >= 0.3 is 0 Å². The van der Waals surface area contributed by atoms with Gasteiger partial charge in [0.15, 0.2) is 0 Å². The monoisotopic (exact) mass is 211 g/mol. The van der Waals surface area contributed by atoms with Crippen molar-refractivity contribution < 1.29 is 4.74 Å². The Morgan fingerprint density at radius 2 is 2.43 bits per heavy atom. The van der Waals surface area contributed by atoms with E-state index in [0.29, 0.717) is 6.04 Å². The molecule has 0 spiro atoms. The van der Waals surface area contributed by atoms with Crippen LogP contribution in [0, 0.1) is 0 Å². The second-order valence-corrected chi connectivity index (χ2v) is 4.73. The molecule has 0 aliphatic carbocycles. The molecule has 0 radical (unpaired) electrons. The first-order valence-electron chi connectivity index (χ1n) is 5.28. The van der Waals surface area contributed by atoms with Gasteiger partial charge in [-0.05, 0) is 30.7 Å². The summed E-state index contributed by atoms with van der Waals surface area (Å²) in [6.07, 6.45) is 3.61. The van der Waals surface area contributed by atoms with Crippen LogP contribution in [-0.2, 0) is 11.3 Å². The molecule has 1 unspecified atom stereocenters. The van der Waals surface area contributed by atoms with Crippen LogP contribution in [0.5, 0.6) is 0 Å². The molecule has 78 valence electrons. The van der Waals surface area contributed by atoms with Gasteiger partial charge in [0, 0.05) is 30.7 Å². The molecule has 2 rings (SSSR count). The van der Waals surface area contributed by atoms with E-state index >= 15 is 0 Å². The van der Waals surface area contributed by atoms with Gasteiger partial charge in [0.2, 0.25) is 0 Å². The van der Waals surface area contributed by atoms with E-state index in [1.54, 1.807) is 0 Å². The molecule has 0 aromatic carbocycles. The smallest absolute Gasteiger partial charge is 0.0480 e. The number of hydrogen-bond donors (Lipinski definition) is 1. The third kappa shape index (κ3) is 3.08. The lowest BCUT2D eigenvalue weighted by Gasteiger charge is -2.14. The summed E-state index contributed by atoms with van der Waals surface area (Å²) < 4.78 is 5.42. The molecule has 0 saturated carbocycles. The second-order valence-electron chi connectivity index (χ2n) is 3.70. The predicted molar refractivity (Wildman–Crippen MR) is 59.6 cm³/mol. The van der Waals surface area contributed by atoms with Crippen molar-refractivity contribution in [2.24, 2.45) is 0 Å². The summed E-state index contributed by atoms with van der Waals surface area (Å²) in [6.45, 7) is 2.88. The van der Waals surface area contributed by atoms with Gasteiger partial charge < -0.3 is 10.1 Å². The first kappa shape index (κ1) is 10.1. The van der Waals surface area contributed by atoms with Gasteiger partial charge in [0.05, 0.1) is 0 Å². The number of hydrogen-bond acceptors (Lipinski definition) is 3. The Morgan fingerprint density at radius 3 is 3.29 bits per heavy atom. The largest absolute Gasteiger partial charge is 0.381 e. The summed E-state index contributed by atoms with van der Waals surface area (Å²) in [7, 11) is 0. The summed E-state index contributed by atoms with van der Waals surface area (Å²) in [5.74, 6) is 0. The lowest BCUT2D eigenvalue weighted by atomic mass is 10.1. The maximum absolute atomic E-state index is 5.42. The molecule has 1 saturated heterocycles. The minimum absolute atomic E-state index is 0.652. The highest BCUT2D eigenvalue weighted by Crippen LogP contribution is 2.11. The van der Waals surface area contributed by atoms with E-state index in [0.717, 1.165) is 26.2 Å². The van der Waals surface area contributed by atoms with Crippen molar-refractivity contribution >= 4 is 11.3 Å². The predicted octanol–water partition coefficient (Wildman–Crippen LogP) is 2.41. The van der Waals surface area contributed by atoms with Crippen molar-refractivity contribution in [2.75, 3.05) is 13.2 Å². The Bertz CT molecular complexity index is 240. The average molecular weight is 211 g/mol. The van der Waals surface area contributed by atoms with Gasteiger partial charge in [-0.15, -0.1) is 11.3 Å². The lowest BCUT2D eigenvalue weighted by molar-refractivity contribution is 0.142. The van der Waals surface area contributed by atoms with Crippen molar-refractivity contribution in [3.05, 3.63) is 22.4 Å². The maximum Gasteiger partial charge on any atom is 0.0480 e. The van der Waals surface area contributed by atoms with Crippen LogP contribution in [0.2, 0.25) is 0 Å². The van der Waals surface area contributed by atoms with Crippen molar-refractivity contribution in [2.45, 2.75) is 31.8 Å². The van der Waals surface area contributed by atoms with Crippen molar-refractivity contribution in [3.8, 4) is 0 Å². The van der Waals surface area contributed by atoms with Gasteiger partial charge in [0.25, 0.3) is 0 Å². The normalized spacial score (nSPS) is 23.3. The third-order valence-electron chi connectivity index (χ3n) is 2.60. The highest BCUT2D eigenvalue weighted by atomic mass is 32.1. The standard InChI is InChI=1S/C11H17NOS/c1-3-10(5-7-13-6-1)12-9-11-4-2-8-14-11/h2,4,8,10,12H,1,3,5-7,9H2. The molecular weight excluding hydrogens is 194 g/mol. The van der Waals surface area contributed by atoms with Crippen molar-refractivity contribution in [1.29, 1.82) is 0 Å². The Morgan fingerprint density at radius 1 is 1.43 bits per heavy atom. The zero-order valence-electron chi connectivity index (χ0n) is 8.37. The maximum atomic E-state index is 5.42. The summed E-state index contributed by atoms with van der Waals surface area (Å²) in [5, 5.41) is 5.73. The molecule has 0 bridgehead atoms. The van der Waals surface area contributed by atoms with Crippen molar-refractivity contribution in [1.82, 2.24) is 5.32 Å². The molecule has 1 N–H and O–H groups in total. The van der Waals surface area contributed by atoms with Crippen LogP contribution in [0.3, 0.4) is 0 Å². The topological polar surface area (TPSA) is 21.3 Å². The fraction of sp³-hybridized carbons (Fsp3) is 0.636. The molecule has 1 fully saturated rings. The van der Waals surface area contributed by atoms with E-state index < -0.39 is 0 Å². The Labute approximate surface area is 89.3 Å². The van der Waals surface area contributed by atoms with Gasteiger partial charge in [0.1, 0.15) is 0 Å². The quantitative estimate of drug-likeness (QED) is 0.829. The van der Waals surface area contributed by atoms with Crippen LogP contribution < -0.4 is 5.32 Å². The molecule has 1 aromatic rings. The number of rotatable bonds is 3. The Kier molecular flexibility index (Phi) is 3.98. The molecule has 1 aromatic heterocycles. The minimum atomic E-state index is 0.652. The van der Waals surface area contributed by atoms with E-state index in [1.165, 1.54) is 17.7 Å². The van der Waals surface area contributed by atoms with Crippen LogP contribution in [-0.4, -0.2) is 19.3 Å². The fourth-order valence-corrected chi connectivity index (χ4v) is 2.42. The first-order chi connectivity index (χ1) is 6.95. The average Bonchev–Trinajstić information content (AvgIpc) is 2.58.